The Morgan fingerprint density at radius 2 is 1.08 bits per heavy atom. The van der Waals surface area contributed by atoms with E-state index in [-0.39, 0.29) is 55.8 Å². The van der Waals surface area contributed by atoms with E-state index in [0.717, 1.165) is 0 Å². The molecule has 0 aromatic heterocycles. The number of rotatable bonds is 3. The van der Waals surface area contributed by atoms with Crippen molar-refractivity contribution in [2.24, 2.45) is 0 Å². The van der Waals surface area contributed by atoms with Crippen LogP contribution < -0.4 is 0 Å². The van der Waals surface area contributed by atoms with E-state index >= 15 is 0 Å². The van der Waals surface area contributed by atoms with Gasteiger partial charge in [-0.25, -0.2) is 9.59 Å². The molecule has 0 bridgehead atoms. The maximum Gasteiger partial charge on any atom is 0.335 e. The Labute approximate surface area is 109 Å². The topological polar surface area (TPSA) is 115 Å². The van der Waals surface area contributed by atoms with E-state index in [9.17, 15) is 9.59 Å². The number of aliphatic carboxylic acids is 2. The number of hydrogen-bond acceptors (Lipinski definition) is 4. The summed E-state index contributed by atoms with van der Waals surface area (Å²) in [4.78, 5) is 19.5. The van der Waals surface area contributed by atoms with Gasteiger partial charge in [0.05, 0.1) is 0 Å². The summed E-state index contributed by atoms with van der Waals surface area (Å²) in [5, 5.41) is 32.5. The minimum atomic E-state index is -2.27. The molecule has 0 aliphatic carbocycles. The summed E-state index contributed by atoms with van der Waals surface area (Å²) in [7, 11) is 0. The third-order valence-electron chi connectivity index (χ3n) is 0.805. The van der Waals surface area contributed by atoms with Gasteiger partial charge in [-0.05, 0) is 0 Å². The van der Waals surface area contributed by atoms with Crippen LogP contribution in [-0.2, 0) is 9.59 Å². The zero-order valence-electron chi connectivity index (χ0n) is 6.21. The summed E-state index contributed by atoms with van der Waals surface area (Å²) in [6, 6.07) is 0. The van der Waals surface area contributed by atoms with Gasteiger partial charge in [-0.2, -0.15) is 0 Å². The van der Waals surface area contributed by atoms with E-state index < -0.39 is 24.1 Å². The van der Waals surface area contributed by atoms with Crippen LogP contribution in [0.4, 0.5) is 0 Å². The molecule has 0 fully saturated rings. The molecular formula is C4H6BiNaO6. The molecule has 0 saturated carbocycles. The number of hydrogen-bond donors (Lipinski definition) is 4. The molecule has 0 aliphatic rings. The first-order valence-electron chi connectivity index (χ1n) is 2.28. The average Bonchev–Trinajstić information content (AvgIpc) is 1.84. The van der Waals surface area contributed by atoms with Crippen LogP contribution in [0.15, 0.2) is 0 Å². The molecule has 0 amide bonds. The van der Waals surface area contributed by atoms with E-state index in [0.29, 0.717) is 0 Å². The molecule has 0 heterocycles. The van der Waals surface area contributed by atoms with Gasteiger partial charge in [-0.1, -0.05) is 0 Å². The second kappa shape index (κ2) is 8.35. The van der Waals surface area contributed by atoms with Crippen LogP contribution in [0.3, 0.4) is 0 Å². The summed E-state index contributed by atoms with van der Waals surface area (Å²) in [6.45, 7) is 0. The zero-order chi connectivity index (χ0) is 8.31. The van der Waals surface area contributed by atoms with Gasteiger partial charge in [0.25, 0.3) is 0 Å². The van der Waals surface area contributed by atoms with Gasteiger partial charge in [-0.3, -0.25) is 0 Å². The maximum atomic E-state index is 9.77. The molecule has 4 radical (unpaired) electrons. The molecule has 0 saturated heterocycles. The quantitative estimate of drug-likeness (QED) is 0.390. The largest absolute Gasteiger partial charge is 0.479 e. The minimum Gasteiger partial charge on any atom is -0.479 e. The van der Waals surface area contributed by atoms with Crippen molar-refractivity contribution in [2.45, 2.75) is 12.2 Å². The first-order valence-corrected chi connectivity index (χ1v) is 2.28. The fraction of sp³-hybridized carbons (Fsp3) is 0.500. The second-order valence-electron chi connectivity index (χ2n) is 1.57. The van der Waals surface area contributed by atoms with Crippen LogP contribution >= 0.6 is 0 Å². The molecular weight excluding hydrogens is 376 g/mol. The number of carboxylic acids is 2. The first-order chi connectivity index (χ1) is 4.46. The molecule has 0 aromatic rings. The van der Waals surface area contributed by atoms with Gasteiger partial charge >= 0.3 is 11.9 Å². The van der Waals surface area contributed by atoms with Crippen molar-refractivity contribution in [3.05, 3.63) is 0 Å². The van der Waals surface area contributed by atoms with E-state index in [1.54, 1.807) is 0 Å². The molecule has 4 N–H and O–H groups in total. The summed E-state index contributed by atoms with van der Waals surface area (Å²) >= 11 is 0. The van der Waals surface area contributed by atoms with Crippen molar-refractivity contribution in [1.29, 1.82) is 0 Å². The first kappa shape index (κ1) is 18.5. The summed E-state index contributed by atoms with van der Waals surface area (Å²) < 4.78 is 0. The Balaban J connectivity index is -0.000000405. The predicted molar refractivity (Wildman–Crippen MR) is 38.8 cm³/mol. The Bertz CT molecular complexity index is 144. The van der Waals surface area contributed by atoms with E-state index in [1.807, 2.05) is 0 Å². The Morgan fingerprint density at radius 3 is 1.17 bits per heavy atom. The smallest absolute Gasteiger partial charge is 0.335 e. The monoisotopic (exact) mass is 382 g/mol. The standard InChI is InChI=1S/C4H6O6.Bi.Na/c5-1(3(7)8)2(6)4(9)10;;/h1-2,5-6H,(H,7,8)(H,9,10);;. The van der Waals surface area contributed by atoms with Crippen molar-refractivity contribution in [3.8, 4) is 0 Å². The van der Waals surface area contributed by atoms with Crippen LogP contribution in [0.1, 0.15) is 0 Å². The van der Waals surface area contributed by atoms with Gasteiger partial charge in [-0.15, -0.1) is 0 Å². The SMILES string of the molecule is O=C(O)C(O)C(O)C(=O)O.[Bi].[Na]. The molecule has 0 aliphatic heterocycles. The Morgan fingerprint density at radius 1 is 0.917 bits per heavy atom. The van der Waals surface area contributed by atoms with Crippen LogP contribution in [0.2, 0.25) is 0 Å². The van der Waals surface area contributed by atoms with Gasteiger partial charge < -0.3 is 20.4 Å². The molecule has 2 atom stereocenters. The van der Waals surface area contributed by atoms with Crippen LogP contribution in [0.5, 0.6) is 0 Å². The Hall–Kier alpha value is 0.743. The second-order valence-corrected chi connectivity index (χ2v) is 1.57. The van der Waals surface area contributed by atoms with E-state index in [1.165, 1.54) is 0 Å². The van der Waals surface area contributed by atoms with Crippen LogP contribution in [-0.4, -0.2) is 100 Å². The van der Waals surface area contributed by atoms with Crippen molar-refractivity contribution in [1.82, 2.24) is 0 Å². The molecule has 0 spiro atoms. The molecule has 0 rings (SSSR count). The fourth-order valence-corrected chi connectivity index (χ4v) is 0.270. The van der Waals surface area contributed by atoms with Gasteiger partial charge in [0.1, 0.15) is 0 Å². The third kappa shape index (κ3) is 6.28. The van der Waals surface area contributed by atoms with Gasteiger partial charge in [0.15, 0.2) is 12.2 Å². The minimum absolute atomic E-state index is 0. The maximum absolute atomic E-state index is 9.77. The average molecular weight is 382 g/mol. The number of aliphatic hydroxyl groups excluding tert-OH is 2. The summed E-state index contributed by atoms with van der Waals surface area (Å²) in [5.41, 5.74) is 0. The molecule has 2 unspecified atom stereocenters. The third-order valence-corrected chi connectivity index (χ3v) is 0.805. The van der Waals surface area contributed by atoms with Crippen LogP contribution in [0.25, 0.3) is 0 Å². The predicted octanol–water partition coefficient (Wildman–Crippen LogP) is -2.88. The fourth-order valence-electron chi connectivity index (χ4n) is 0.270. The van der Waals surface area contributed by atoms with Crippen molar-refractivity contribution in [2.75, 3.05) is 0 Å². The van der Waals surface area contributed by atoms with Gasteiger partial charge in [0, 0.05) is 55.8 Å². The molecule has 12 heavy (non-hydrogen) atoms. The van der Waals surface area contributed by atoms with Crippen molar-refractivity contribution >= 4 is 67.7 Å². The molecule has 8 heteroatoms. The summed E-state index contributed by atoms with van der Waals surface area (Å²) in [5.74, 6) is -3.54. The van der Waals surface area contributed by atoms with Crippen LogP contribution in [0, 0.1) is 0 Å². The zero-order valence-corrected chi connectivity index (χ0v) is 11.7. The van der Waals surface area contributed by atoms with Crippen molar-refractivity contribution in [3.63, 3.8) is 0 Å². The normalized spacial score (nSPS) is 13.2. The Kier molecular flexibility index (Phi) is 12.9. The van der Waals surface area contributed by atoms with Crippen molar-refractivity contribution < 1.29 is 30.0 Å². The summed E-state index contributed by atoms with van der Waals surface area (Å²) in [6.07, 6.45) is -4.53. The number of carbonyl (C=O) groups is 2. The molecule has 6 nitrogen and oxygen atoms in total. The molecule has 64 valence electrons. The van der Waals surface area contributed by atoms with Gasteiger partial charge in [0.2, 0.25) is 0 Å². The van der Waals surface area contributed by atoms with E-state index in [2.05, 4.69) is 0 Å². The molecule has 0 aromatic carbocycles. The van der Waals surface area contributed by atoms with E-state index in [4.69, 9.17) is 20.4 Å². The number of carboxylic acid groups (broad SMARTS) is 2. The number of aliphatic hydroxyl groups is 2.